The van der Waals surface area contributed by atoms with Crippen LogP contribution in [0.15, 0.2) is 4.99 Å². The van der Waals surface area contributed by atoms with Gasteiger partial charge in [0.2, 0.25) is 5.91 Å². The summed E-state index contributed by atoms with van der Waals surface area (Å²) in [5, 5.41) is 0. The van der Waals surface area contributed by atoms with Crippen LogP contribution in [0.4, 0.5) is 0 Å². The molecule has 0 fully saturated rings. The maximum absolute atomic E-state index is 11.3. The minimum absolute atomic E-state index is 0.0127. The third-order valence-electron chi connectivity index (χ3n) is 2.12. The highest BCUT2D eigenvalue weighted by Gasteiger charge is 2.29. The second-order valence-electron chi connectivity index (χ2n) is 2.91. The van der Waals surface area contributed by atoms with Crippen LogP contribution in [0.5, 0.6) is 0 Å². The zero-order chi connectivity index (χ0) is 8.59. The van der Waals surface area contributed by atoms with Gasteiger partial charge in [-0.25, -0.2) is 4.99 Å². The number of guanidine groups is 1. The van der Waals surface area contributed by atoms with Crippen molar-refractivity contribution in [2.75, 3.05) is 7.05 Å². The van der Waals surface area contributed by atoms with Gasteiger partial charge in [-0.1, -0.05) is 6.92 Å². The fraction of sp³-hybridized carbons (Fsp3) is 0.714. The highest BCUT2D eigenvalue weighted by Crippen LogP contribution is 2.14. The van der Waals surface area contributed by atoms with Gasteiger partial charge in [0.15, 0.2) is 5.96 Å². The normalized spacial score (nSPS) is 32.1. The number of amides is 1. The molecule has 1 amide bonds. The molecular weight excluding hydrogens is 142 g/mol. The number of nitrogens with two attached hydrogens (primary N) is 1. The number of hydrogen-bond donors (Lipinski definition) is 1. The van der Waals surface area contributed by atoms with Gasteiger partial charge < -0.3 is 5.73 Å². The van der Waals surface area contributed by atoms with Crippen molar-refractivity contribution in [2.45, 2.75) is 19.9 Å². The van der Waals surface area contributed by atoms with Crippen molar-refractivity contribution in [2.24, 2.45) is 16.6 Å². The largest absolute Gasteiger partial charge is 0.369 e. The van der Waals surface area contributed by atoms with Crippen LogP contribution >= 0.6 is 0 Å². The first-order chi connectivity index (χ1) is 5.04. The number of nitrogens with zero attached hydrogens (tertiary/aromatic N) is 2. The van der Waals surface area contributed by atoms with Crippen LogP contribution in [0, 0.1) is 5.92 Å². The van der Waals surface area contributed by atoms with Gasteiger partial charge >= 0.3 is 0 Å². The van der Waals surface area contributed by atoms with Gasteiger partial charge in [0.1, 0.15) is 0 Å². The first kappa shape index (κ1) is 8.04. The van der Waals surface area contributed by atoms with E-state index in [2.05, 4.69) is 4.99 Å². The summed E-state index contributed by atoms with van der Waals surface area (Å²) in [6.45, 7) is 3.75. The first-order valence-corrected chi connectivity index (χ1v) is 3.65. The molecule has 0 aromatic carbocycles. The van der Waals surface area contributed by atoms with E-state index in [0.29, 0.717) is 5.96 Å². The third-order valence-corrected chi connectivity index (χ3v) is 2.12. The lowest BCUT2D eigenvalue weighted by atomic mass is 10.0. The molecule has 62 valence electrons. The molecule has 2 atom stereocenters. The van der Waals surface area contributed by atoms with Gasteiger partial charge in [-0.2, -0.15) is 0 Å². The predicted octanol–water partition coefficient (Wildman–Crippen LogP) is -0.202. The van der Waals surface area contributed by atoms with E-state index in [4.69, 9.17) is 5.73 Å². The molecule has 1 rings (SSSR count). The minimum Gasteiger partial charge on any atom is -0.369 e. The molecule has 1 aliphatic rings. The maximum Gasteiger partial charge on any atom is 0.233 e. The smallest absolute Gasteiger partial charge is 0.233 e. The Morgan fingerprint density at radius 2 is 2.09 bits per heavy atom. The molecular formula is C7H13N3O. The molecule has 2 unspecified atom stereocenters. The maximum atomic E-state index is 11.3. The van der Waals surface area contributed by atoms with Crippen molar-refractivity contribution in [3.63, 3.8) is 0 Å². The summed E-state index contributed by atoms with van der Waals surface area (Å²) in [5.74, 6) is 0.318. The predicted molar refractivity (Wildman–Crippen MR) is 43.0 cm³/mol. The average molecular weight is 155 g/mol. The fourth-order valence-corrected chi connectivity index (χ4v) is 1.03. The van der Waals surface area contributed by atoms with E-state index in [9.17, 15) is 4.79 Å². The highest BCUT2D eigenvalue weighted by molar-refractivity contribution is 5.99. The van der Waals surface area contributed by atoms with E-state index in [1.165, 1.54) is 4.90 Å². The van der Waals surface area contributed by atoms with Crippen LogP contribution in [0.25, 0.3) is 0 Å². The Morgan fingerprint density at radius 3 is 2.64 bits per heavy atom. The number of rotatable bonds is 0. The molecule has 0 aromatic rings. The van der Waals surface area contributed by atoms with Gasteiger partial charge in [-0.05, 0) is 6.92 Å². The Morgan fingerprint density at radius 1 is 1.55 bits per heavy atom. The molecule has 0 bridgehead atoms. The van der Waals surface area contributed by atoms with Gasteiger partial charge in [0.25, 0.3) is 0 Å². The summed E-state index contributed by atoms with van der Waals surface area (Å²) in [6.07, 6.45) is 0. The quantitative estimate of drug-likeness (QED) is 0.526. The van der Waals surface area contributed by atoms with Crippen molar-refractivity contribution in [3.05, 3.63) is 0 Å². The van der Waals surface area contributed by atoms with Crippen LogP contribution in [0.1, 0.15) is 13.8 Å². The molecule has 0 saturated heterocycles. The van der Waals surface area contributed by atoms with Crippen molar-refractivity contribution < 1.29 is 4.79 Å². The lowest BCUT2D eigenvalue weighted by Crippen LogP contribution is -2.48. The molecule has 11 heavy (non-hydrogen) atoms. The summed E-state index contributed by atoms with van der Waals surface area (Å²) in [6, 6.07) is 0.0127. The molecule has 1 aliphatic heterocycles. The lowest BCUT2D eigenvalue weighted by molar-refractivity contribution is -0.131. The summed E-state index contributed by atoms with van der Waals surface area (Å²) < 4.78 is 0. The van der Waals surface area contributed by atoms with Gasteiger partial charge in [-0.15, -0.1) is 0 Å². The Balaban J connectivity index is 2.92. The van der Waals surface area contributed by atoms with Crippen LogP contribution in [0.2, 0.25) is 0 Å². The van der Waals surface area contributed by atoms with Gasteiger partial charge in [0.05, 0.1) is 12.0 Å². The standard InChI is InChI=1S/C7H13N3O/c1-4-5(2)9-7(8)10(3)6(4)11/h4-5H,1-3H3,(H2,8,9). The monoisotopic (exact) mass is 155 g/mol. The Hall–Kier alpha value is -1.06. The molecule has 0 saturated carbocycles. The van der Waals surface area contributed by atoms with Crippen LogP contribution in [0.3, 0.4) is 0 Å². The van der Waals surface area contributed by atoms with Crippen molar-refractivity contribution >= 4 is 11.9 Å². The molecule has 0 aromatic heterocycles. The number of aliphatic imine (C=N–C) groups is 1. The molecule has 0 spiro atoms. The van der Waals surface area contributed by atoms with E-state index in [1.807, 2.05) is 13.8 Å². The summed E-state index contributed by atoms with van der Waals surface area (Å²) in [7, 11) is 1.64. The highest BCUT2D eigenvalue weighted by atomic mass is 16.2. The number of hydrogen-bond acceptors (Lipinski definition) is 3. The number of carbonyl (C=O) groups excluding carboxylic acids is 1. The van der Waals surface area contributed by atoms with E-state index < -0.39 is 0 Å². The second kappa shape index (κ2) is 2.53. The van der Waals surface area contributed by atoms with Crippen molar-refractivity contribution in [3.8, 4) is 0 Å². The van der Waals surface area contributed by atoms with Crippen LogP contribution in [-0.4, -0.2) is 29.9 Å². The Kier molecular flexibility index (Phi) is 1.85. The van der Waals surface area contributed by atoms with Crippen LogP contribution < -0.4 is 5.73 Å². The molecule has 4 heteroatoms. The second-order valence-corrected chi connectivity index (χ2v) is 2.91. The average Bonchev–Trinajstić information content (AvgIpc) is 1.97. The molecule has 1 heterocycles. The Bertz CT molecular complexity index is 212. The van der Waals surface area contributed by atoms with E-state index in [-0.39, 0.29) is 17.9 Å². The minimum atomic E-state index is -0.0488. The summed E-state index contributed by atoms with van der Waals surface area (Å²) in [5.41, 5.74) is 5.48. The lowest BCUT2D eigenvalue weighted by Gasteiger charge is -2.28. The topological polar surface area (TPSA) is 58.7 Å². The van der Waals surface area contributed by atoms with E-state index >= 15 is 0 Å². The summed E-state index contributed by atoms with van der Waals surface area (Å²) >= 11 is 0. The van der Waals surface area contributed by atoms with Gasteiger partial charge in [-0.3, -0.25) is 9.69 Å². The van der Waals surface area contributed by atoms with E-state index in [1.54, 1.807) is 7.05 Å². The molecule has 0 radical (unpaired) electrons. The van der Waals surface area contributed by atoms with Crippen LogP contribution in [-0.2, 0) is 4.79 Å². The van der Waals surface area contributed by atoms with Crippen molar-refractivity contribution in [1.82, 2.24) is 4.90 Å². The first-order valence-electron chi connectivity index (χ1n) is 3.65. The molecule has 0 aliphatic carbocycles. The number of carbonyl (C=O) groups is 1. The molecule has 2 N–H and O–H groups in total. The fourth-order valence-electron chi connectivity index (χ4n) is 1.03. The van der Waals surface area contributed by atoms with Gasteiger partial charge in [0, 0.05) is 7.05 Å². The Labute approximate surface area is 66.1 Å². The zero-order valence-corrected chi connectivity index (χ0v) is 7.03. The summed E-state index contributed by atoms with van der Waals surface area (Å²) in [4.78, 5) is 16.8. The van der Waals surface area contributed by atoms with Crippen molar-refractivity contribution in [1.29, 1.82) is 0 Å². The van der Waals surface area contributed by atoms with E-state index in [0.717, 1.165) is 0 Å². The molecule has 4 nitrogen and oxygen atoms in total. The zero-order valence-electron chi connectivity index (χ0n) is 7.03. The third kappa shape index (κ3) is 1.20. The SMILES string of the molecule is CC1N=C(N)N(C)C(=O)C1C.